The van der Waals surface area contributed by atoms with Crippen molar-refractivity contribution in [3.63, 3.8) is 0 Å². The number of anilines is 1. The Bertz CT molecular complexity index is 832. The summed E-state index contributed by atoms with van der Waals surface area (Å²) in [5, 5.41) is 5.77. The summed E-state index contributed by atoms with van der Waals surface area (Å²) in [6, 6.07) is 15.8. The lowest BCUT2D eigenvalue weighted by Crippen LogP contribution is -2.34. The smallest absolute Gasteiger partial charge is 0.253 e. The van der Waals surface area contributed by atoms with Crippen molar-refractivity contribution in [3.05, 3.63) is 65.2 Å². The zero-order valence-electron chi connectivity index (χ0n) is 16.2. The monoisotopic (exact) mass is 365 g/mol. The highest BCUT2D eigenvalue weighted by Gasteiger charge is 2.26. The van der Waals surface area contributed by atoms with Crippen LogP contribution in [0.15, 0.2) is 48.5 Å². The molecule has 0 fully saturated rings. The van der Waals surface area contributed by atoms with Crippen molar-refractivity contribution in [1.82, 2.24) is 10.2 Å². The molecule has 27 heavy (non-hydrogen) atoms. The van der Waals surface area contributed by atoms with Gasteiger partial charge in [-0.05, 0) is 57.0 Å². The number of benzene rings is 2. The van der Waals surface area contributed by atoms with Gasteiger partial charge in [0.15, 0.2) is 0 Å². The van der Waals surface area contributed by atoms with E-state index in [-0.39, 0.29) is 30.4 Å². The largest absolute Gasteiger partial charge is 0.350 e. The highest BCUT2D eigenvalue weighted by atomic mass is 16.2. The van der Waals surface area contributed by atoms with E-state index in [1.54, 1.807) is 18.2 Å². The third-order valence-corrected chi connectivity index (χ3v) is 4.89. The number of likely N-dealkylation sites (N-methyl/N-ethyl adjacent to an activating group) is 1. The molecule has 142 valence electrons. The molecule has 2 aromatic carbocycles. The van der Waals surface area contributed by atoms with E-state index in [4.69, 9.17) is 0 Å². The van der Waals surface area contributed by atoms with Crippen LogP contribution in [-0.2, 0) is 11.2 Å². The van der Waals surface area contributed by atoms with Crippen LogP contribution in [0.25, 0.3) is 0 Å². The number of aryl methyl sites for hydroxylation is 1. The topological polar surface area (TPSA) is 61.4 Å². The summed E-state index contributed by atoms with van der Waals surface area (Å²) in [4.78, 5) is 27.0. The first-order valence-electron chi connectivity index (χ1n) is 9.43. The lowest BCUT2D eigenvalue weighted by Gasteiger charge is -2.24. The Morgan fingerprint density at radius 1 is 1.11 bits per heavy atom. The molecule has 0 radical (unpaired) electrons. The fourth-order valence-corrected chi connectivity index (χ4v) is 3.65. The van der Waals surface area contributed by atoms with Crippen molar-refractivity contribution in [3.8, 4) is 0 Å². The van der Waals surface area contributed by atoms with Gasteiger partial charge in [0.2, 0.25) is 5.91 Å². The standard InChI is InChI=1S/C22H27N3O2/c1-15(2)23-22(27)18-10-6-7-11-19(18)24-21(26)14-25(3)20-13-12-16-8-4-5-9-17(16)20/h4-11,15,20H,12-14H2,1-3H3,(H,23,27)(H,24,26). The average Bonchev–Trinajstić information content (AvgIpc) is 3.05. The van der Waals surface area contributed by atoms with E-state index in [1.165, 1.54) is 11.1 Å². The molecule has 0 heterocycles. The van der Waals surface area contributed by atoms with Crippen molar-refractivity contribution >= 4 is 17.5 Å². The molecule has 2 aromatic rings. The first-order valence-corrected chi connectivity index (χ1v) is 9.43. The molecule has 2 N–H and O–H groups in total. The number of fused-ring (bicyclic) bond motifs is 1. The number of hydrogen-bond donors (Lipinski definition) is 2. The van der Waals surface area contributed by atoms with Crippen LogP contribution in [0.5, 0.6) is 0 Å². The Morgan fingerprint density at radius 2 is 1.81 bits per heavy atom. The van der Waals surface area contributed by atoms with Crippen LogP contribution in [0.3, 0.4) is 0 Å². The minimum absolute atomic E-state index is 0.0369. The zero-order chi connectivity index (χ0) is 19.4. The molecule has 0 aromatic heterocycles. The number of carbonyl (C=O) groups excluding carboxylic acids is 2. The maximum Gasteiger partial charge on any atom is 0.253 e. The van der Waals surface area contributed by atoms with Crippen LogP contribution in [0, 0.1) is 0 Å². The lowest BCUT2D eigenvalue weighted by molar-refractivity contribution is -0.117. The van der Waals surface area contributed by atoms with E-state index < -0.39 is 0 Å². The second-order valence-electron chi connectivity index (χ2n) is 7.39. The molecule has 0 aliphatic heterocycles. The van der Waals surface area contributed by atoms with Gasteiger partial charge in [0.25, 0.3) is 5.91 Å². The molecule has 2 amide bonds. The van der Waals surface area contributed by atoms with Gasteiger partial charge in [0.1, 0.15) is 0 Å². The zero-order valence-corrected chi connectivity index (χ0v) is 16.2. The van der Waals surface area contributed by atoms with Gasteiger partial charge in [-0.15, -0.1) is 0 Å². The molecule has 1 unspecified atom stereocenters. The minimum Gasteiger partial charge on any atom is -0.350 e. The minimum atomic E-state index is -0.182. The Labute approximate surface area is 160 Å². The van der Waals surface area contributed by atoms with Gasteiger partial charge in [-0.3, -0.25) is 14.5 Å². The number of para-hydroxylation sites is 1. The summed E-state index contributed by atoms with van der Waals surface area (Å²) >= 11 is 0. The molecule has 0 spiro atoms. The average molecular weight is 365 g/mol. The van der Waals surface area contributed by atoms with Gasteiger partial charge in [0.05, 0.1) is 17.8 Å². The van der Waals surface area contributed by atoms with Crippen LogP contribution < -0.4 is 10.6 Å². The Hall–Kier alpha value is -2.66. The van der Waals surface area contributed by atoms with Crippen LogP contribution in [0.4, 0.5) is 5.69 Å². The molecule has 5 heteroatoms. The summed E-state index contributed by atoms with van der Waals surface area (Å²) in [5.74, 6) is -0.300. The van der Waals surface area contributed by atoms with E-state index in [9.17, 15) is 9.59 Å². The van der Waals surface area contributed by atoms with Crippen molar-refractivity contribution < 1.29 is 9.59 Å². The maximum atomic E-state index is 12.6. The van der Waals surface area contributed by atoms with Gasteiger partial charge in [-0.1, -0.05) is 36.4 Å². The summed E-state index contributed by atoms with van der Waals surface area (Å²) < 4.78 is 0. The quantitative estimate of drug-likeness (QED) is 0.825. The van der Waals surface area contributed by atoms with Crippen molar-refractivity contribution in [2.45, 2.75) is 38.8 Å². The predicted octanol–water partition coefficient (Wildman–Crippen LogP) is 3.38. The van der Waals surface area contributed by atoms with Gasteiger partial charge in [-0.2, -0.15) is 0 Å². The lowest BCUT2D eigenvalue weighted by atomic mass is 10.1. The fraction of sp³-hybridized carbons (Fsp3) is 0.364. The number of hydrogen-bond acceptors (Lipinski definition) is 3. The molecule has 0 bridgehead atoms. The SMILES string of the molecule is CC(C)NC(=O)c1ccccc1NC(=O)CN(C)C1CCc2ccccc21. The van der Waals surface area contributed by atoms with Crippen LogP contribution in [-0.4, -0.2) is 36.3 Å². The van der Waals surface area contributed by atoms with Crippen LogP contribution in [0.1, 0.15) is 47.8 Å². The number of amides is 2. The van der Waals surface area contributed by atoms with Crippen molar-refractivity contribution in [1.29, 1.82) is 0 Å². The molecule has 0 saturated heterocycles. The summed E-state index contributed by atoms with van der Waals surface area (Å²) in [7, 11) is 1.98. The Morgan fingerprint density at radius 3 is 2.59 bits per heavy atom. The van der Waals surface area contributed by atoms with E-state index in [0.29, 0.717) is 11.3 Å². The first-order chi connectivity index (χ1) is 13.0. The highest BCUT2D eigenvalue weighted by molar-refractivity contribution is 6.04. The van der Waals surface area contributed by atoms with E-state index in [0.717, 1.165) is 12.8 Å². The second kappa shape index (κ2) is 8.35. The molecular formula is C22H27N3O2. The maximum absolute atomic E-state index is 12.6. The first kappa shape index (κ1) is 19.1. The molecule has 5 nitrogen and oxygen atoms in total. The summed E-state index contributed by atoms with van der Waals surface area (Å²) in [5.41, 5.74) is 3.70. The van der Waals surface area contributed by atoms with Crippen LogP contribution >= 0.6 is 0 Å². The fourth-order valence-electron chi connectivity index (χ4n) is 3.65. The summed E-state index contributed by atoms with van der Waals surface area (Å²) in [6.45, 7) is 4.10. The third-order valence-electron chi connectivity index (χ3n) is 4.89. The Kier molecular flexibility index (Phi) is 5.91. The Balaban J connectivity index is 1.66. The molecule has 1 aliphatic carbocycles. The van der Waals surface area contributed by atoms with Gasteiger partial charge >= 0.3 is 0 Å². The number of carbonyl (C=O) groups is 2. The van der Waals surface area contributed by atoms with Gasteiger partial charge < -0.3 is 10.6 Å². The van der Waals surface area contributed by atoms with Crippen LogP contribution in [0.2, 0.25) is 0 Å². The second-order valence-corrected chi connectivity index (χ2v) is 7.39. The van der Waals surface area contributed by atoms with E-state index >= 15 is 0 Å². The third kappa shape index (κ3) is 4.55. The van der Waals surface area contributed by atoms with E-state index in [2.05, 4.69) is 39.8 Å². The number of rotatable bonds is 6. The molecule has 0 saturated carbocycles. The normalized spacial score (nSPS) is 15.7. The van der Waals surface area contributed by atoms with Crippen molar-refractivity contribution in [2.75, 3.05) is 18.9 Å². The molecular weight excluding hydrogens is 338 g/mol. The van der Waals surface area contributed by atoms with E-state index in [1.807, 2.05) is 27.0 Å². The van der Waals surface area contributed by atoms with Gasteiger partial charge in [0, 0.05) is 12.1 Å². The van der Waals surface area contributed by atoms with Gasteiger partial charge in [-0.25, -0.2) is 0 Å². The molecule has 3 rings (SSSR count). The molecule has 1 atom stereocenters. The summed E-state index contributed by atoms with van der Waals surface area (Å²) in [6.07, 6.45) is 2.07. The highest BCUT2D eigenvalue weighted by Crippen LogP contribution is 2.34. The number of nitrogens with zero attached hydrogens (tertiary/aromatic N) is 1. The van der Waals surface area contributed by atoms with Crippen molar-refractivity contribution in [2.24, 2.45) is 0 Å². The predicted molar refractivity (Wildman–Crippen MR) is 108 cm³/mol. The number of nitrogens with one attached hydrogen (secondary N) is 2. The molecule has 1 aliphatic rings.